The van der Waals surface area contributed by atoms with Crippen LogP contribution >= 0.6 is 0 Å². The van der Waals surface area contributed by atoms with Gasteiger partial charge in [-0.2, -0.15) is 0 Å². The number of fused-ring (bicyclic) bond motifs is 1. The zero-order valence-corrected chi connectivity index (χ0v) is 11.1. The van der Waals surface area contributed by atoms with Crippen LogP contribution in [-0.4, -0.2) is 0 Å². The number of hydrogen-bond donors (Lipinski definition) is 0. The molecule has 0 heterocycles. The van der Waals surface area contributed by atoms with Gasteiger partial charge >= 0.3 is 0 Å². The summed E-state index contributed by atoms with van der Waals surface area (Å²) in [6.45, 7) is 0. The van der Waals surface area contributed by atoms with E-state index < -0.39 is 0 Å². The van der Waals surface area contributed by atoms with Gasteiger partial charge in [0.15, 0.2) is 0 Å². The minimum Gasteiger partial charge on any atom is -0.0696 e. The van der Waals surface area contributed by atoms with Crippen LogP contribution < -0.4 is 0 Å². The molecule has 0 aliphatic carbocycles. The van der Waals surface area contributed by atoms with E-state index in [2.05, 4.69) is 60.4 Å². The predicted octanol–water partition coefficient (Wildman–Crippen LogP) is 4.90. The van der Waals surface area contributed by atoms with Crippen molar-refractivity contribution in [2.45, 2.75) is 0 Å². The van der Waals surface area contributed by atoms with Gasteiger partial charge in [0, 0.05) is 5.56 Å². The van der Waals surface area contributed by atoms with Crippen molar-refractivity contribution < 1.29 is 0 Å². The van der Waals surface area contributed by atoms with Gasteiger partial charge in [-0.05, 0) is 40.6 Å². The molecule has 0 radical (unpaired) electrons. The molecule has 0 aliphatic rings. The van der Waals surface area contributed by atoms with Crippen molar-refractivity contribution in [1.29, 1.82) is 0 Å². The number of benzene rings is 3. The van der Waals surface area contributed by atoms with Crippen molar-refractivity contribution in [3.8, 4) is 11.8 Å². The van der Waals surface area contributed by atoms with Crippen LogP contribution in [0.4, 0.5) is 0 Å². The van der Waals surface area contributed by atoms with Crippen LogP contribution in [-0.2, 0) is 0 Å². The number of hydrogen-bond acceptors (Lipinski definition) is 0. The Balaban J connectivity index is 1.87. The standard InChI is InChI=1S/C20H14/c1-2-9-17(10-3-1)11-4-5-12-18-14-8-15-19-13-6-7-16-20(18)19/h1-3,5-10,12-16H/b12-5+. The van der Waals surface area contributed by atoms with E-state index in [4.69, 9.17) is 0 Å². The molecule has 20 heavy (non-hydrogen) atoms. The Morgan fingerprint density at radius 1 is 0.700 bits per heavy atom. The molecule has 0 atom stereocenters. The van der Waals surface area contributed by atoms with Crippen LogP contribution in [0.3, 0.4) is 0 Å². The molecule has 0 bridgehead atoms. The van der Waals surface area contributed by atoms with Crippen molar-refractivity contribution in [3.05, 3.63) is 90.0 Å². The summed E-state index contributed by atoms with van der Waals surface area (Å²) in [5.74, 6) is 6.21. The fourth-order valence-corrected chi connectivity index (χ4v) is 2.17. The van der Waals surface area contributed by atoms with Crippen LogP contribution in [0.15, 0.2) is 78.9 Å². The molecule has 3 aromatic carbocycles. The van der Waals surface area contributed by atoms with E-state index in [-0.39, 0.29) is 0 Å². The first-order chi connectivity index (χ1) is 9.93. The van der Waals surface area contributed by atoms with Crippen molar-refractivity contribution in [3.63, 3.8) is 0 Å². The Bertz CT molecular complexity index is 794. The predicted molar refractivity (Wildman–Crippen MR) is 86.3 cm³/mol. The second kappa shape index (κ2) is 5.91. The minimum atomic E-state index is 1.04. The molecule has 0 aromatic heterocycles. The van der Waals surface area contributed by atoms with Crippen LogP contribution in [0, 0.1) is 11.8 Å². The molecular weight excluding hydrogens is 240 g/mol. The lowest BCUT2D eigenvalue weighted by atomic mass is 10.0. The van der Waals surface area contributed by atoms with Crippen molar-refractivity contribution >= 4 is 16.8 Å². The molecule has 94 valence electrons. The highest BCUT2D eigenvalue weighted by Gasteiger charge is 1.95. The number of rotatable bonds is 1. The smallest absolute Gasteiger partial charge is 0.0248 e. The molecule has 3 aromatic rings. The van der Waals surface area contributed by atoms with Crippen LogP contribution in [0.5, 0.6) is 0 Å². The molecule has 0 heteroatoms. The first-order valence-electron chi connectivity index (χ1n) is 6.64. The zero-order valence-electron chi connectivity index (χ0n) is 11.1. The van der Waals surface area contributed by atoms with Gasteiger partial charge in [-0.3, -0.25) is 0 Å². The maximum Gasteiger partial charge on any atom is 0.0248 e. The van der Waals surface area contributed by atoms with Gasteiger partial charge in [-0.25, -0.2) is 0 Å². The molecule has 0 spiro atoms. The average molecular weight is 254 g/mol. The van der Waals surface area contributed by atoms with Gasteiger partial charge in [0.1, 0.15) is 0 Å². The van der Waals surface area contributed by atoms with E-state index in [1.165, 1.54) is 16.3 Å². The van der Waals surface area contributed by atoms with Crippen LogP contribution in [0.25, 0.3) is 16.8 Å². The second-order valence-corrected chi connectivity index (χ2v) is 4.54. The number of allylic oxidation sites excluding steroid dienone is 1. The molecule has 3 rings (SSSR count). The normalized spacial score (nSPS) is 10.4. The summed E-state index contributed by atoms with van der Waals surface area (Å²) in [6, 6.07) is 24.7. The van der Waals surface area contributed by atoms with E-state index in [1.54, 1.807) is 0 Å². The van der Waals surface area contributed by atoms with Crippen LogP contribution in [0.2, 0.25) is 0 Å². The first kappa shape index (κ1) is 12.3. The van der Waals surface area contributed by atoms with Crippen LogP contribution in [0.1, 0.15) is 11.1 Å². The topological polar surface area (TPSA) is 0 Å². The van der Waals surface area contributed by atoms with Crippen molar-refractivity contribution in [2.24, 2.45) is 0 Å². The highest BCUT2D eigenvalue weighted by Crippen LogP contribution is 2.19. The monoisotopic (exact) mass is 254 g/mol. The lowest BCUT2D eigenvalue weighted by Gasteiger charge is -2.00. The Morgan fingerprint density at radius 2 is 1.45 bits per heavy atom. The summed E-state index contributed by atoms with van der Waals surface area (Å²) >= 11 is 0. The third kappa shape index (κ3) is 2.79. The summed E-state index contributed by atoms with van der Waals surface area (Å²) in [5.41, 5.74) is 2.24. The fraction of sp³-hybridized carbons (Fsp3) is 0. The zero-order chi connectivity index (χ0) is 13.6. The largest absolute Gasteiger partial charge is 0.0696 e. The molecule has 0 aliphatic heterocycles. The molecule has 0 amide bonds. The fourth-order valence-electron chi connectivity index (χ4n) is 2.17. The molecule has 0 nitrogen and oxygen atoms in total. The maximum absolute atomic E-state index is 3.13. The van der Waals surface area contributed by atoms with Gasteiger partial charge in [0.2, 0.25) is 0 Å². The van der Waals surface area contributed by atoms with E-state index in [0.717, 1.165) is 5.56 Å². The summed E-state index contributed by atoms with van der Waals surface area (Å²) in [5, 5.41) is 2.51. The average Bonchev–Trinajstić information content (AvgIpc) is 2.53. The Kier molecular flexibility index (Phi) is 3.62. The highest BCUT2D eigenvalue weighted by atomic mass is 14.0. The van der Waals surface area contributed by atoms with Gasteiger partial charge in [0.25, 0.3) is 0 Å². The third-order valence-corrected chi connectivity index (χ3v) is 3.16. The highest BCUT2D eigenvalue weighted by molar-refractivity contribution is 5.90. The SMILES string of the molecule is C(#Cc1ccccc1)/C=C/c1cccc2ccccc12. The van der Waals surface area contributed by atoms with Gasteiger partial charge in [-0.15, -0.1) is 0 Å². The molecule has 0 fully saturated rings. The quantitative estimate of drug-likeness (QED) is 0.541. The first-order valence-corrected chi connectivity index (χ1v) is 6.64. The summed E-state index contributed by atoms with van der Waals surface area (Å²) < 4.78 is 0. The maximum atomic E-state index is 3.13. The summed E-state index contributed by atoms with van der Waals surface area (Å²) in [4.78, 5) is 0. The van der Waals surface area contributed by atoms with E-state index in [0.29, 0.717) is 0 Å². The molecule has 0 unspecified atom stereocenters. The summed E-state index contributed by atoms with van der Waals surface area (Å²) in [6.07, 6.45) is 3.98. The minimum absolute atomic E-state index is 1.04. The molecule has 0 N–H and O–H groups in total. The lowest BCUT2D eigenvalue weighted by molar-refractivity contribution is 1.65. The second-order valence-electron chi connectivity index (χ2n) is 4.54. The third-order valence-electron chi connectivity index (χ3n) is 3.16. The van der Waals surface area contributed by atoms with E-state index >= 15 is 0 Å². The lowest BCUT2D eigenvalue weighted by Crippen LogP contribution is -1.76. The van der Waals surface area contributed by atoms with Gasteiger partial charge in [0.05, 0.1) is 0 Å². The van der Waals surface area contributed by atoms with Gasteiger partial charge in [-0.1, -0.05) is 72.5 Å². The molecule has 0 saturated carbocycles. The Morgan fingerprint density at radius 3 is 2.35 bits per heavy atom. The Hall–Kier alpha value is -2.78. The summed E-state index contributed by atoms with van der Waals surface area (Å²) in [7, 11) is 0. The Labute approximate surface area is 119 Å². The van der Waals surface area contributed by atoms with E-state index in [9.17, 15) is 0 Å². The van der Waals surface area contributed by atoms with Gasteiger partial charge < -0.3 is 0 Å². The van der Waals surface area contributed by atoms with E-state index in [1.807, 2.05) is 36.4 Å². The molecular formula is C20H14. The van der Waals surface area contributed by atoms with Crippen molar-refractivity contribution in [1.82, 2.24) is 0 Å². The molecule has 0 saturated heterocycles. The van der Waals surface area contributed by atoms with Crippen molar-refractivity contribution in [2.75, 3.05) is 0 Å².